The number of carbonyl (C=O) groups excluding carboxylic acids is 1. The van der Waals surface area contributed by atoms with E-state index >= 15 is 0 Å². The van der Waals surface area contributed by atoms with Gasteiger partial charge in [0.1, 0.15) is 12.2 Å². The number of rotatable bonds is 6. The number of nitrogens with one attached hydrogen (secondary N) is 1. The molecule has 1 aliphatic heterocycles. The molecule has 2 aromatic heterocycles. The van der Waals surface area contributed by atoms with Crippen molar-refractivity contribution in [3.8, 4) is 17.1 Å². The van der Waals surface area contributed by atoms with Crippen LogP contribution in [0, 0.1) is 0 Å². The molecule has 0 saturated heterocycles. The van der Waals surface area contributed by atoms with Gasteiger partial charge in [0.05, 0.1) is 29.5 Å². The van der Waals surface area contributed by atoms with Gasteiger partial charge in [0, 0.05) is 21.6 Å². The molecule has 1 N–H and O–H groups in total. The number of hydrazone groups is 1. The van der Waals surface area contributed by atoms with Crippen molar-refractivity contribution in [2.24, 2.45) is 5.10 Å². The number of nitrogens with zero attached hydrogens (tertiary/aromatic N) is 4. The average molecular weight is 492 g/mol. The molecule has 0 saturated carbocycles. The van der Waals surface area contributed by atoms with Crippen LogP contribution in [0.2, 0.25) is 0 Å². The highest BCUT2D eigenvalue weighted by Gasteiger charge is 2.24. The minimum Gasteiger partial charge on any atom is -0.463 e. The standard InChI is InChI=1S/C28H21N5O2S/c34-27(19-32-22-11-4-6-14-25(22)36-26-15-7-5-12-23(26)32)30-29-17-20-18-33(21-9-2-1-3-10-21)31-28(20)24-13-8-16-35-24/h1-18H,19H2,(H,30,34). The molecule has 0 radical (unpaired) electrons. The lowest BCUT2D eigenvalue weighted by atomic mass is 10.2. The monoisotopic (exact) mass is 491 g/mol. The van der Waals surface area contributed by atoms with Crippen LogP contribution in [-0.4, -0.2) is 28.4 Å². The second-order valence-electron chi connectivity index (χ2n) is 8.11. The fraction of sp³-hybridized carbons (Fsp3) is 0.0357. The number of hydrogen-bond donors (Lipinski definition) is 1. The molecule has 176 valence electrons. The van der Waals surface area contributed by atoms with E-state index in [-0.39, 0.29) is 12.5 Å². The van der Waals surface area contributed by atoms with Crippen LogP contribution in [0.25, 0.3) is 17.1 Å². The Hall–Kier alpha value is -4.56. The maximum atomic E-state index is 12.9. The number of aromatic nitrogens is 2. The molecular formula is C28H21N5O2S. The van der Waals surface area contributed by atoms with Crippen molar-refractivity contribution in [3.05, 3.63) is 109 Å². The highest BCUT2D eigenvalue weighted by molar-refractivity contribution is 7.99. The Morgan fingerprint density at radius 3 is 2.31 bits per heavy atom. The third-order valence-electron chi connectivity index (χ3n) is 5.74. The summed E-state index contributed by atoms with van der Waals surface area (Å²) in [5.74, 6) is 0.397. The zero-order chi connectivity index (χ0) is 24.3. The van der Waals surface area contributed by atoms with E-state index in [9.17, 15) is 4.79 Å². The topological polar surface area (TPSA) is 75.7 Å². The molecule has 0 spiro atoms. The maximum absolute atomic E-state index is 12.9. The molecule has 6 rings (SSSR count). The zero-order valence-electron chi connectivity index (χ0n) is 19.1. The highest BCUT2D eigenvalue weighted by atomic mass is 32.2. The number of anilines is 2. The minimum atomic E-state index is -0.224. The molecule has 0 fully saturated rings. The van der Waals surface area contributed by atoms with Gasteiger partial charge in [0.25, 0.3) is 5.91 Å². The van der Waals surface area contributed by atoms with Crippen LogP contribution in [0.1, 0.15) is 5.56 Å². The normalized spacial score (nSPS) is 12.4. The van der Waals surface area contributed by atoms with Gasteiger partial charge in [-0.3, -0.25) is 4.79 Å². The molecule has 5 aromatic rings. The summed E-state index contributed by atoms with van der Waals surface area (Å²) in [6.45, 7) is 0.139. The maximum Gasteiger partial charge on any atom is 0.260 e. The van der Waals surface area contributed by atoms with Crippen molar-refractivity contribution in [3.63, 3.8) is 0 Å². The van der Waals surface area contributed by atoms with Crippen molar-refractivity contribution >= 4 is 35.3 Å². The lowest BCUT2D eigenvalue weighted by Gasteiger charge is -2.31. The Labute approximate surface area is 212 Å². The van der Waals surface area contributed by atoms with Gasteiger partial charge in [-0.2, -0.15) is 10.2 Å². The lowest BCUT2D eigenvalue weighted by molar-refractivity contribution is -0.119. The van der Waals surface area contributed by atoms with E-state index in [0.29, 0.717) is 11.5 Å². The van der Waals surface area contributed by atoms with Gasteiger partial charge in [-0.25, -0.2) is 10.1 Å². The molecule has 36 heavy (non-hydrogen) atoms. The van der Waals surface area contributed by atoms with E-state index in [4.69, 9.17) is 4.42 Å². The number of para-hydroxylation sites is 3. The summed E-state index contributed by atoms with van der Waals surface area (Å²) >= 11 is 1.71. The van der Waals surface area contributed by atoms with Gasteiger partial charge < -0.3 is 9.32 Å². The van der Waals surface area contributed by atoms with Crippen molar-refractivity contribution in [2.45, 2.75) is 9.79 Å². The first-order chi connectivity index (χ1) is 17.8. The second-order valence-corrected chi connectivity index (χ2v) is 9.19. The first-order valence-electron chi connectivity index (χ1n) is 11.4. The number of amides is 1. The first kappa shape index (κ1) is 21.9. The predicted octanol–water partition coefficient (Wildman–Crippen LogP) is 5.89. The van der Waals surface area contributed by atoms with Gasteiger partial charge in [-0.15, -0.1) is 0 Å². The number of fused-ring (bicyclic) bond motifs is 2. The van der Waals surface area contributed by atoms with Gasteiger partial charge >= 0.3 is 0 Å². The van der Waals surface area contributed by atoms with E-state index in [2.05, 4.69) is 27.8 Å². The molecule has 1 amide bonds. The molecule has 8 heteroatoms. The summed E-state index contributed by atoms with van der Waals surface area (Å²) in [5, 5.41) is 8.92. The highest BCUT2D eigenvalue weighted by Crippen LogP contribution is 2.47. The quantitative estimate of drug-likeness (QED) is 0.237. The van der Waals surface area contributed by atoms with Crippen LogP contribution < -0.4 is 10.3 Å². The Balaban J connectivity index is 1.23. The molecule has 0 aliphatic carbocycles. The smallest absolute Gasteiger partial charge is 0.260 e. The first-order valence-corrected chi connectivity index (χ1v) is 12.2. The molecule has 0 atom stereocenters. The summed E-state index contributed by atoms with van der Waals surface area (Å²) < 4.78 is 7.33. The van der Waals surface area contributed by atoms with E-state index in [1.54, 1.807) is 28.9 Å². The Kier molecular flexibility index (Phi) is 5.85. The molecule has 0 bridgehead atoms. The number of carbonyl (C=O) groups is 1. The van der Waals surface area contributed by atoms with Gasteiger partial charge in [0.2, 0.25) is 0 Å². The molecule has 0 unspecified atom stereocenters. The Bertz CT molecular complexity index is 1500. The third-order valence-corrected chi connectivity index (χ3v) is 6.87. The molecule has 3 aromatic carbocycles. The van der Waals surface area contributed by atoms with Crippen molar-refractivity contribution in [1.82, 2.24) is 15.2 Å². The largest absolute Gasteiger partial charge is 0.463 e. The van der Waals surface area contributed by atoms with E-state index in [1.807, 2.05) is 90.0 Å². The Morgan fingerprint density at radius 2 is 1.61 bits per heavy atom. The summed E-state index contributed by atoms with van der Waals surface area (Å²) in [4.78, 5) is 17.2. The second kappa shape index (κ2) is 9.59. The lowest BCUT2D eigenvalue weighted by Crippen LogP contribution is -2.33. The average Bonchev–Trinajstić information content (AvgIpc) is 3.59. The van der Waals surface area contributed by atoms with Crippen LogP contribution in [0.5, 0.6) is 0 Å². The summed E-state index contributed by atoms with van der Waals surface area (Å²) in [6.07, 6.45) is 5.06. The predicted molar refractivity (Wildman–Crippen MR) is 141 cm³/mol. The molecule has 1 aliphatic rings. The molecule has 3 heterocycles. The fourth-order valence-electron chi connectivity index (χ4n) is 4.10. The molecule has 7 nitrogen and oxygen atoms in total. The summed E-state index contributed by atoms with van der Waals surface area (Å²) in [6, 6.07) is 29.6. The summed E-state index contributed by atoms with van der Waals surface area (Å²) in [5.41, 5.74) is 6.95. The third kappa shape index (κ3) is 4.30. The van der Waals surface area contributed by atoms with Gasteiger partial charge in [-0.1, -0.05) is 54.2 Å². The van der Waals surface area contributed by atoms with Crippen LogP contribution in [0.4, 0.5) is 11.4 Å². The number of furan rings is 1. The van der Waals surface area contributed by atoms with Crippen molar-refractivity contribution in [1.29, 1.82) is 0 Å². The van der Waals surface area contributed by atoms with Crippen LogP contribution >= 0.6 is 11.8 Å². The van der Waals surface area contributed by atoms with Gasteiger partial charge in [0.15, 0.2) is 5.76 Å². The summed E-state index contributed by atoms with van der Waals surface area (Å²) in [7, 11) is 0. The van der Waals surface area contributed by atoms with Crippen LogP contribution in [0.3, 0.4) is 0 Å². The van der Waals surface area contributed by atoms with Crippen molar-refractivity contribution in [2.75, 3.05) is 11.4 Å². The molecular weight excluding hydrogens is 470 g/mol. The van der Waals surface area contributed by atoms with Gasteiger partial charge in [-0.05, 0) is 48.5 Å². The van der Waals surface area contributed by atoms with E-state index < -0.39 is 0 Å². The van der Waals surface area contributed by atoms with Crippen LogP contribution in [-0.2, 0) is 4.79 Å². The minimum absolute atomic E-state index is 0.139. The zero-order valence-corrected chi connectivity index (χ0v) is 19.9. The number of benzene rings is 3. The Morgan fingerprint density at radius 1 is 0.917 bits per heavy atom. The van der Waals surface area contributed by atoms with E-state index in [0.717, 1.165) is 32.4 Å². The van der Waals surface area contributed by atoms with Crippen molar-refractivity contribution < 1.29 is 9.21 Å². The van der Waals surface area contributed by atoms with E-state index in [1.165, 1.54) is 0 Å². The van der Waals surface area contributed by atoms with Crippen LogP contribution in [0.15, 0.2) is 123 Å². The fourth-order valence-corrected chi connectivity index (χ4v) is 5.20. The SMILES string of the molecule is O=C(CN1c2ccccc2Sc2ccccc21)NN=Cc1cn(-c2ccccc2)nc1-c1ccco1. The number of hydrogen-bond acceptors (Lipinski definition) is 6.